The molecule has 0 unspecified atom stereocenters. The Balaban J connectivity index is 2.70. The predicted octanol–water partition coefficient (Wildman–Crippen LogP) is 6.14. The molecule has 0 bridgehead atoms. The molecule has 0 aliphatic carbocycles. The summed E-state index contributed by atoms with van der Waals surface area (Å²) in [4.78, 5) is 4.70. The maximum atomic E-state index is 5.66. The fraction of sp³-hybridized carbons (Fsp3) is 0.667. The van der Waals surface area contributed by atoms with Crippen LogP contribution in [0, 0.1) is 0 Å². The average molecular weight is 476 g/mol. The highest BCUT2D eigenvalue weighted by atomic mass is 32.9. The van der Waals surface area contributed by atoms with Crippen molar-refractivity contribution >= 4 is 57.8 Å². The molecule has 1 rings (SSSR count). The summed E-state index contributed by atoms with van der Waals surface area (Å²) in [6.45, 7) is 9.91. The van der Waals surface area contributed by atoms with E-state index in [9.17, 15) is 0 Å². The number of rotatable bonds is 14. The average Bonchev–Trinajstić information content (AvgIpc) is 2.60. The highest BCUT2D eigenvalue weighted by Gasteiger charge is 2.21. The molecule has 11 heteroatoms. The van der Waals surface area contributed by atoms with Crippen LogP contribution < -0.4 is 0 Å². The molecule has 0 saturated heterocycles. The second kappa shape index (κ2) is 13.3. The van der Waals surface area contributed by atoms with Gasteiger partial charge in [0.15, 0.2) is 0 Å². The Morgan fingerprint density at radius 2 is 1.12 bits per heavy atom. The van der Waals surface area contributed by atoms with E-state index in [1.165, 1.54) is 22.8 Å². The van der Waals surface area contributed by atoms with Crippen LogP contribution in [0.5, 0.6) is 0 Å². The fourth-order valence-corrected chi connectivity index (χ4v) is 10.6. The molecule has 0 fully saturated rings. The van der Waals surface area contributed by atoms with E-state index in [1.807, 2.05) is 45.9 Å². The van der Waals surface area contributed by atoms with Crippen LogP contribution >= 0.6 is 34.2 Å². The minimum absolute atomic E-state index is 0.549. The Kier molecular flexibility index (Phi) is 12.8. The third-order valence-electron chi connectivity index (χ3n) is 2.75. The van der Waals surface area contributed by atoms with Gasteiger partial charge in [-0.05, 0) is 63.4 Å². The van der Waals surface area contributed by atoms with Crippen molar-refractivity contribution in [3.63, 3.8) is 0 Å². The lowest BCUT2D eigenvalue weighted by atomic mass is 10.3. The molecule has 0 amide bonds. The topological polar surface area (TPSA) is 49.8 Å². The van der Waals surface area contributed by atoms with Gasteiger partial charge < -0.3 is 18.1 Å². The van der Waals surface area contributed by atoms with Gasteiger partial charge in [-0.25, -0.2) is 0 Å². The predicted molar refractivity (Wildman–Crippen MR) is 122 cm³/mol. The summed E-state index contributed by atoms with van der Waals surface area (Å²) < 4.78 is 22.6. The molecule has 1 aromatic heterocycles. The van der Waals surface area contributed by atoms with E-state index in [1.54, 1.807) is 0 Å². The van der Waals surface area contributed by atoms with Crippen LogP contribution in [0.3, 0.4) is 0 Å². The molecular formula is C15H27NO4P2S4. The molecule has 0 spiro atoms. The second-order valence-electron chi connectivity index (χ2n) is 4.73. The molecule has 0 atom stereocenters. The van der Waals surface area contributed by atoms with Crippen LogP contribution in [0.1, 0.15) is 39.1 Å². The maximum Gasteiger partial charge on any atom is 0.247 e. The number of pyridine rings is 1. The molecular weight excluding hydrogens is 448 g/mol. The lowest BCUT2D eigenvalue weighted by Gasteiger charge is -2.20. The van der Waals surface area contributed by atoms with E-state index in [4.69, 9.17) is 46.7 Å². The van der Waals surface area contributed by atoms with E-state index in [2.05, 4.69) is 0 Å². The largest absolute Gasteiger partial charge is 0.322 e. The number of hydrogen-bond donors (Lipinski definition) is 0. The van der Waals surface area contributed by atoms with Gasteiger partial charge >= 0.3 is 0 Å². The Hall–Kier alpha value is 0.990. The summed E-state index contributed by atoms with van der Waals surface area (Å²) in [5, 5.41) is 0. The zero-order chi connectivity index (χ0) is 19.5. The van der Waals surface area contributed by atoms with Gasteiger partial charge in [0.1, 0.15) is 0 Å². The quantitative estimate of drug-likeness (QED) is 0.295. The first-order valence-corrected chi connectivity index (χ1v) is 16.9. The van der Waals surface area contributed by atoms with Crippen molar-refractivity contribution in [3.8, 4) is 0 Å². The Morgan fingerprint density at radius 3 is 1.42 bits per heavy atom. The standard InChI is InChI=1S/C15H27NO4P2S4/c1-5-17-21(23,18-6-2)25-12-14-10-9-11-15(16-14)13-26-22(24,19-7-3)20-8-4/h9-11H,5-8,12-13H2,1-4H3. The van der Waals surface area contributed by atoms with Crippen molar-refractivity contribution in [2.45, 2.75) is 39.2 Å². The molecule has 0 saturated carbocycles. The van der Waals surface area contributed by atoms with Crippen molar-refractivity contribution in [2.24, 2.45) is 0 Å². The van der Waals surface area contributed by atoms with E-state index in [0.717, 1.165) is 11.4 Å². The van der Waals surface area contributed by atoms with Crippen molar-refractivity contribution in [3.05, 3.63) is 29.6 Å². The van der Waals surface area contributed by atoms with E-state index in [0.29, 0.717) is 37.9 Å². The fourth-order valence-electron chi connectivity index (χ4n) is 1.84. The molecule has 0 aromatic carbocycles. The molecule has 0 N–H and O–H groups in total. The summed E-state index contributed by atoms with van der Waals surface area (Å²) >= 11 is 14.1. The van der Waals surface area contributed by atoms with Crippen LogP contribution in [0.25, 0.3) is 0 Å². The zero-order valence-electron chi connectivity index (χ0n) is 15.6. The summed E-state index contributed by atoms with van der Waals surface area (Å²) in [7, 11) is 0. The normalized spacial score (nSPS) is 12.5. The van der Waals surface area contributed by atoms with Crippen molar-refractivity contribution < 1.29 is 18.1 Å². The first-order chi connectivity index (χ1) is 12.4. The van der Waals surface area contributed by atoms with Crippen molar-refractivity contribution in [1.82, 2.24) is 4.98 Å². The minimum Gasteiger partial charge on any atom is -0.322 e. The van der Waals surface area contributed by atoms with Gasteiger partial charge in [0, 0.05) is 11.5 Å². The Morgan fingerprint density at radius 1 is 0.769 bits per heavy atom. The van der Waals surface area contributed by atoms with Crippen molar-refractivity contribution in [1.29, 1.82) is 0 Å². The lowest BCUT2D eigenvalue weighted by molar-refractivity contribution is 0.280. The van der Waals surface area contributed by atoms with E-state index >= 15 is 0 Å². The second-order valence-corrected chi connectivity index (χ2v) is 17.4. The first-order valence-electron chi connectivity index (χ1n) is 8.42. The van der Waals surface area contributed by atoms with Gasteiger partial charge in [-0.3, -0.25) is 4.98 Å². The zero-order valence-corrected chi connectivity index (χ0v) is 20.6. The maximum absolute atomic E-state index is 5.66. The first kappa shape index (κ1) is 25.0. The highest BCUT2D eigenvalue weighted by Crippen LogP contribution is 2.62. The molecule has 1 aromatic rings. The van der Waals surface area contributed by atoms with Gasteiger partial charge in [-0.1, -0.05) is 28.8 Å². The van der Waals surface area contributed by atoms with E-state index in [-0.39, 0.29) is 0 Å². The molecule has 0 aliphatic heterocycles. The summed E-state index contributed by atoms with van der Waals surface area (Å²) in [5.41, 5.74) is -2.72. The van der Waals surface area contributed by atoms with Gasteiger partial charge in [0.25, 0.3) is 0 Å². The van der Waals surface area contributed by atoms with Gasteiger partial charge in [-0.15, -0.1) is 0 Å². The van der Waals surface area contributed by atoms with Crippen LogP contribution in [0.4, 0.5) is 0 Å². The van der Waals surface area contributed by atoms with Crippen LogP contribution in [0.2, 0.25) is 0 Å². The summed E-state index contributed by atoms with van der Waals surface area (Å²) in [5.74, 6) is 1.31. The summed E-state index contributed by atoms with van der Waals surface area (Å²) in [6, 6.07) is 5.97. The highest BCUT2D eigenvalue weighted by molar-refractivity contribution is 8.68. The monoisotopic (exact) mass is 475 g/mol. The number of nitrogens with zero attached hydrogens (tertiary/aromatic N) is 1. The SMILES string of the molecule is CCOP(=S)(OCC)SCc1cccc(CSP(=S)(OCC)OCC)n1. The molecule has 5 nitrogen and oxygen atoms in total. The Bertz CT molecular complexity index is 566. The minimum atomic E-state index is -2.31. The molecule has 0 aliphatic rings. The van der Waals surface area contributed by atoms with Gasteiger partial charge in [-0.2, -0.15) is 0 Å². The third-order valence-corrected chi connectivity index (χ3v) is 13.6. The smallest absolute Gasteiger partial charge is 0.247 e. The van der Waals surface area contributed by atoms with Crippen LogP contribution in [-0.4, -0.2) is 31.4 Å². The van der Waals surface area contributed by atoms with Gasteiger partial charge in [0.05, 0.1) is 37.8 Å². The number of aromatic nitrogens is 1. The molecule has 0 radical (unpaired) electrons. The molecule has 150 valence electrons. The lowest BCUT2D eigenvalue weighted by Crippen LogP contribution is -1.97. The van der Waals surface area contributed by atoms with E-state index < -0.39 is 11.4 Å². The molecule has 1 heterocycles. The Labute approximate surface area is 175 Å². The van der Waals surface area contributed by atoms with Gasteiger partial charge in [0.2, 0.25) is 11.4 Å². The summed E-state index contributed by atoms with van der Waals surface area (Å²) in [6.07, 6.45) is 0. The van der Waals surface area contributed by atoms with Crippen LogP contribution in [0.15, 0.2) is 18.2 Å². The number of hydrogen-bond acceptors (Lipinski definition) is 9. The third kappa shape index (κ3) is 9.46. The van der Waals surface area contributed by atoms with Crippen molar-refractivity contribution in [2.75, 3.05) is 26.4 Å². The van der Waals surface area contributed by atoms with Crippen LogP contribution in [-0.2, 0) is 53.2 Å². The molecule has 26 heavy (non-hydrogen) atoms.